The molecule has 26 heavy (non-hydrogen) atoms. The van der Waals surface area contributed by atoms with E-state index in [0.29, 0.717) is 25.8 Å². The van der Waals surface area contributed by atoms with Gasteiger partial charge in [0.05, 0.1) is 36.5 Å². The molecule has 0 bridgehead atoms. The number of aryl methyl sites for hydroxylation is 2. The number of rotatable bonds is 6. The van der Waals surface area contributed by atoms with Crippen LogP contribution in [0.3, 0.4) is 0 Å². The topological polar surface area (TPSA) is 90.6 Å². The Bertz CT molecular complexity index is 786. The fraction of sp³-hybridized carbons (Fsp3) is 0.579. The summed E-state index contributed by atoms with van der Waals surface area (Å²) in [6.45, 7) is 5.41. The molecule has 1 N–H and O–H groups in total. The number of H-pyrrole nitrogens is 1. The van der Waals surface area contributed by atoms with Crippen LogP contribution in [-0.4, -0.2) is 37.3 Å². The molecule has 1 saturated heterocycles. The minimum Gasteiger partial charge on any atom is -0.334 e. The second-order valence-corrected chi connectivity index (χ2v) is 6.89. The normalized spacial score (nSPS) is 17.3. The summed E-state index contributed by atoms with van der Waals surface area (Å²) in [7, 11) is 0. The zero-order valence-corrected chi connectivity index (χ0v) is 15.5. The molecule has 138 valence electrons. The summed E-state index contributed by atoms with van der Waals surface area (Å²) in [6.07, 6.45) is 6.54. The molecule has 7 heteroatoms. The quantitative estimate of drug-likeness (QED) is 0.863. The number of piperidine rings is 1. The number of aromatic nitrogens is 4. The molecule has 0 saturated carbocycles. The fourth-order valence-corrected chi connectivity index (χ4v) is 3.85. The first-order chi connectivity index (χ1) is 12.6. The number of aromatic amines is 1. The molecule has 3 rings (SSSR count). The van der Waals surface area contributed by atoms with Gasteiger partial charge in [-0.2, -0.15) is 15.5 Å². The predicted molar refractivity (Wildman–Crippen MR) is 97.1 cm³/mol. The third-order valence-corrected chi connectivity index (χ3v) is 5.26. The lowest BCUT2D eigenvalue weighted by molar-refractivity contribution is -0.135. The summed E-state index contributed by atoms with van der Waals surface area (Å²) in [5, 5.41) is 20.4. The van der Waals surface area contributed by atoms with Crippen molar-refractivity contribution in [3.63, 3.8) is 0 Å². The average Bonchev–Trinajstić information content (AvgIpc) is 3.27. The number of amides is 1. The van der Waals surface area contributed by atoms with Gasteiger partial charge in [0.25, 0.3) is 0 Å². The van der Waals surface area contributed by atoms with E-state index in [2.05, 4.69) is 21.4 Å². The van der Waals surface area contributed by atoms with E-state index < -0.39 is 0 Å². The molecule has 1 unspecified atom stereocenters. The van der Waals surface area contributed by atoms with Crippen molar-refractivity contribution in [3.8, 4) is 6.07 Å². The van der Waals surface area contributed by atoms with Crippen molar-refractivity contribution in [3.05, 3.63) is 34.9 Å². The highest BCUT2D eigenvalue weighted by atomic mass is 16.2. The number of nitrogens with one attached hydrogen (secondary N) is 1. The van der Waals surface area contributed by atoms with E-state index in [4.69, 9.17) is 5.26 Å². The maximum absolute atomic E-state index is 12.9. The Labute approximate surface area is 154 Å². The molecule has 1 aliphatic heterocycles. The van der Waals surface area contributed by atoms with E-state index in [1.807, 2.05) is 29.5 Å². The van der Waals surface area contributed by atoms with Crippen LogP contribution in [0.15, 0.2) is 12.3 Å². The summed E-state index contributed by atoms with van der Waals surface area (Å²) in [5.74, 6) is 0.188. The predicted octanol–water partition coefficient (Wildman–Crippen LogP) is 2.82. The van der Waals surface area contributed by atoms with Gasteiger partial charge in [-0.1, -0.05) is 0 Å². The van der Waals surface area contributed by atoms with Crippen molar-refractivity contribution in [2.24, 2.45) is 0 Å². The van der Waals surface area contributed by atoms with Crippen LogP contribution in [0.4, 0.5) is 0 Å². The van der Waals surface area contributed by atoms with Crippen LogP contribution in [0.25, 0.3) is 0 Å². The molecule has 0 aromatic carbocycles. The highest BCUT2D eigenvalue weighted by molar-refractivity contribution is 5.77. The van der Waals surface area contributed by atoms with Crippen LogP contribution >= 0.6 is 0 Å². The number of nitrogens with zero attached hydrogens (tertiary/aromatic N) is 5. The molecule has 3 heterocycles. The van der Waals surface area contributed by atoms with Crippen molar-refractivity contribution >= 4 is 5.91 Å². The van der Waals surface area contributed by atoms with Gasteiger partial charge in [-0.3, -0.25) is 14.6 Å². The van der Waals surface area contributed by atoms with Crippen LogP contribution < -0.4 is 0 Å². The van der Waals surface area contributed by atoms with Crippen molar-refractivity contribution < 1.29 is 4.79 Å². The van der Waals surface area contributed by atoms with Gasteiger partial charge in [-0.15, -0.1) is 0 Å². The van der Waals surface area contributed by atoms with Gasteiger partial charge >= 0.3 is 0 Å². The molecule has 1 amide bonds. The highest BCUT2D eigenvalue weighted by Crippen LogP contribution is 2.30. The third-order valence-electron chi connectivity index (χ3n) is 5.26. The second kappa shape index (κ2) is 8.17. The lowest BCUT2D eigenvalue weighted by Gasteiger charge is -2.35. The molecule has 1 aliphatic rings. The van der Waals surface area contributed by atoms with E-state index in [1.165, 1.54) is 0 Å². The highest BCUT2D eigenvalue weighted by Gasteiger charge is 2.28. The Balaban J connectivity index is 1.66. The van der Waals surface area contributed by atoms with Crippen LogP contribution in [-0.2, 0) is 17.8 Å². The van der Waals surface area contributed by atoms with Gasteiger partial charge in [0, 0.05) is 24.9 Å². The summed E-state index contributed by atoms with van der Waals surface area (Å²) >= 11 is 0. The number of nitriles is 1. The van der Waals surface area contributed by atoms with E-state index in [-0.39, 0.29) is 11.9 Å². The second-order valence-electron chi connectivity index (χ2n) is 6.89. The van der Waals surface area contributed by atoms with E-state index >= 15 is 0 Å². The Hall–Kier alpha value is -2.62. The lowest BCUT2D eigenvalue weighted by Crippen LogP contribution is -2.38. The molecule has 1 atom stereocenters. The molecule has 2 aromatic rings. The maximum atomic E-state index is 12.9. The molecule has 0 aliphatic carbocycles. The Morgan fingerprint density at radius 1 is 1.42 bits per heavy atom. The Morgan fingerprint density at radius 3 is 3.00 bits per heavy atom. The van der Waals surface area contributed by atoms with Crippen molar-refractivity contribution in [1.82, 2.24) is 24.9 Å². The van der Waals surface area contributed by atoms with Gasteiger partial charge in [-0.05, 0) is 51.2 Å². The summed E-state index contributed by atoms with van der Waals surface area (Å²) in [6, 6.07) is 4.23. The maximum Gasteiger partial charge on any atom is 0.223 e. The molecular weight excluding hydrogens is 328 g/mol. The summed E-state index contributed by atoms with van der Waals surface area (Å²) < 4.78 is 1.88. The van der Waals surface area contributed by atoms with Crippen LogP contribution in [0.1, 0.15) is 60.8 Å². The van der Waals surface area contributed by atoms with Crippen molar-refractivity contribution in [1.29, 1.82) is 5.26 Å². The first kappa shape index (κ1) is 18.2. The Morgan fingerprint density at radius 2 is 2.27 bits per heavy atom. The number of hydrogen-bond acceptors (Lipinski definition) is 4. The smallest absolute Gasteiger partial charge is 0.223 e. The van der Waals surface area contributed by atoms with Crippen LogP contribution in [0, 0.1) is 25.2 Å². The molecule has 2 aromatic heterocycles. The molecule has 1 fully saturated rings. The molecular formula is C19H26N6O. The number of carbonyl (C=O) groups excluding carboxylic acids is 1. The summed E-state index contributed by atoms with van der Waals surface area (Å²) in [5.41, 5.74) is 4.17. The molecule has 7 nitrogen and oxygen atoms in total. The molecule has 0 radical (unpaired) electrons. The molecule has 0 spiro atoms. The number of hydrogen-bond donors (Lipinski definition) is 1. The average molecular weight is 354 g/mol. The first-order valence-corrected chi connectivity index (χ1v) is 9.30. The van der Waals surface area contributed by atoms with E-state index in [9.17, 15) is 4.79 Å². The van der Waals surface area contributed by atoms with Gasteiger partial charge < -0.3 is 4.90 Å². The van der Waals surface area contributed by atoms with Gasteiger partial charge in [0.15, 0.2) is 0 Å². The van der Waals surface area contributed by atoms with Crippen molar-refractivity contribution in [2.75, 3.05) is 6.54 Å². The SMILES string of the molecule is Cc1nn(CCC#N)c(C)c1CCC(=O)N1CCCCC1c1ccn[nH]1. The third kappa shape index (κ3) is 3.79. The van der Waals surface area contributed by atoms with Gasteiger partial charge in [0.2, 0.25) is 5.91 Å². The standard InChI is InChI=1S/C19H26N6O/c1-14-16(15(2)25(23-14)13-5-10-20)7-8-19(26)24-12-4-3-6-18(24)17-9-11-21-22-17/h9,11,18H,3-8,12-13H2,1-2H3,(H,21,22). The monoisotopic (exact) mass is 354 g/mol. The minimum atomic E-state index is 0.110. The van der Waals surface area contributed by atoms with E-state index in [1.54, 1.807) is 6.20 Å². The minimum absolute atomic E-state index is 0.110. The number of likely N-dealkylation sites (tertiary alicyclic amines) is 1. The van der Waals surface area contributed by atoms with Gasteiger partial charge in [0.1, 0.15) is 0 Å². The van der Waals surface area contributed by atoms with E-state index in [0.717, 1.165) is 48.5 Å². The first-order valence-electron chi connectivity index (χ1n) is 9.30. The van der Waals surface area contributed by atoms with Crippen molar-refractivity contribution in [2.45, 2.75) is 65.0 Å². The zero-order valence-electron chi connectivity index (χ0n) is 15.5. The zero-order chi connectivity index (χ0) is 18.5. The fourth-order valence-electron chi connectivity index (χ4n) is 3.85. The summed E-state index contributed by atoms with van der Waals surface area (Å²) in [4.78, 5) is 14.9. The van der Waals surface area contributed by atoms with Crippen LogP contribution in [0.2, 0.25) is 0 Å². The number of carbonyl (C=O) groups is 1. The Kier molecular flexibility index (Phi) is 5.71. The lowest BCUT2D eigenvalue weighted by atomic mass is 9.98. The van der Waals surface area contributed by atoms with Gasteiger partial charge in [-0.25, -0.2) is 0 Å². The largest absolute Gasteiger partial charge is 0.334 e. The van der Waals surface area contributed by atoms with Crippen LogP contribution in [0.5, 0.6) is 0 Å².